The van der Waals surface area contributed by atoms with E-state index in [4.69, 9.17) is 5.11 Å². The number of aliphatic hydroxyl groups is 1. The van der Waals surface area contributed by atoms with Crippen molar-refractivity contribution in [3.63, 3.8) is 0 Å². The van der Waals surface area contributed by atoms with Crippen LogP contribution in [-0.2, 0) is 19.5 Å². The number of aromatic nitrogens is 1. The molecule has 2 heterocycles. The highest BCUT2D eigenvalue weighted by molar-refractivity contribution is 5.87. The van der Waals surface area contributed by atoms with Crippen molar-refractivity contribution in [3.8, 4) is 0 Å². The first-order valence-corrected chi connectivity index (χ1v) is 9.24. The number of carboxylic acid groups (broad SMARTS) is 1. The molecule has 2 aromatic carbocycles. The summed E-state index contributed by atoms with van der Waals surface area (Å²) >= 11 is 0. The molecule has 2 N–H and O–H groups in total. The van der Waals surface area contributed by atoms with Crippen LogP contribution in [0.15, 0.2) is 42.5 Å². The van der Waals surface area contributed by atoms with E-state index in [0.29, 0.717) is 6.54 Å². The van der Waals surface area contributed by atoms with E-state index in [0.717, 1.165) is 30.6 Å². The Morgan fingerprint density at radius 3 is 2.63 bits per heavy atom. The predicted octanol–water partition coefficient (Wildman–Crippen LogP) is 3.37. The summed E-state index contributed by atoms with van der Waals surface area (Å²) in [5.74, 6) is -0.957. The molecule has 1 aliphatic heterocycles. The fourth-order valence-corrected chi connectivity index (χ4v) is 4.03. The second kappa shape index (κ2) is 6.83. The number of fused-ring (bicyclic) bond motifs is 3. The molecule has 1 aromatic heterocycles. The topological polar surface area (TPSA) is 65.7 Å². The summed E-state index contributed by atoms with van der Waals surface area (Å²) in [6.07, 6.45) is 0.276. The van der Waals surface area contributed by atoms with Gasteiger partial charge in [0, 0.05) is 36.1 Å². The van der Waals surface area contributed by atoms with E-state index in [9.17, 15) is 9.90 Å². The summed E-state index contributed by atoms with van der Waals surface area (Å²) in [5.41, 5.74) is 6.01. The first-order valence-electron chi connectivity index (χ1n) is 9.24. The molecule has 3 aromatic rings. The van der Waals surface area contributed by atoms with Gasteiger partial charge in [0.15, 0.2) is 0 Å². The third-order valence-corrected chi connectivity index (χ3v) is 5.50. The van der Waals surface area contributed by atoms with Crippen LogP contribution in [-0.4, -0.2) is 39.2 Å². The highest BCUT2D eigenvalue weighted by Crippen LogP contribution is 2.32. The van der Waals surface area contributed by atoms with Crippen LogP contribution in [0.25, 0.3) is 10.9 Å². The van der Waals surface area contributed by atoms with E-state index in [1.54, 1.807) is 24.3 Å². The number of aliphatic hydroxyl groups excluding tert-OH is 1. The minimum Gasteiger partial charge on any atom is -0.478 e. The van der Waals surface area contributed by atoms with Crippen molar-refractivity contribution in [1.82, 2.24) is 9.47 Å². The molecular weight excluding hydrogens is 340 g/mol. The lowest BCUT2D eigenvalue weighted by atomic mass is 10.0. The van der Waals surface area contributed by atoms with Crippen LogP contribution < -0.4 is 0 Å². The van der Waals surface area contributed by atoms with Gasteiger partial charge in [0.1, 0.15) is 0 Å². The summed E-state index contributed by atoms with van der Waals surface area (Å²) in [4.78, 5) is 13.4. The number of carboxylic acids is 1. The molecule has 1 unspecified atom stereocenters. The molecule has 4 rings (SSSR count). The van der Waals surface area contributed by atoms with Gasteiger partial charge in [-0.1, -0.05) is 23.8 Å². The standard InChI is InChI=1S/C22H24N2O3/c1-14-3-8-19-17(11-14)18-12-23(2)10-9-20(18)24(19)13-21(25)15-4-6-16(7-5-15)22(26)27/h3-8,11,21,25H,9-10,12-13H2,1-2H3,(H,26,27). The van der Waals surface area contributed by atoms with Crippen LogP contribution in [0.4, 0.5) is 0 Å². The third kappa shape index (κ3) is 3.24. The summed E-state index contributed by atoms with van der Waals surface area (Å²) in [6.45, 7) is 4.50. The van der Waals surface area contributed by atoms with Gasteiger partial charge < -0.3 is 19.7 Å². The summed E-state index contributed by atoms with van der Waals surface area (Å²) in [5, 5.41) is 21.1. The number of hydrogen-bond acceptors (Lipinski definition) is 3. The van der Waals surface area contributed by atoms with Crippen LogP contribution in [0.3, 0.4) is 0 Å². The van der Waals surface area contributed by atoms with Gasteiger partial charge in [-0.05, 0) is 49.4 Å². The Labute approximate surface area is 158 Å². The smallest absolute Gasteiger partial charge is 0.335 e. The first kappa shape index (κ1) is 17.8. The quantitative estimate of drug-likeness (QED) is 0.745. The van der Waals surface area contributed by atoms with Crippen molar-refractivity contribution >= 4 is 16.9 Å². The number of hydrogen-bond donors (Lipinski definition) is 2. The molecule has 0 saturated carbocycles. The number of aromatic carboxylic acids is 1. The Morgan fingerprint density at radius 2 is 1.93 bits per heavy atom. The Bertz CT molecular complexity index is 1000. The Kier molecular flexibility index (Phi) is 4.50. The highest BCUT2D eigenvalue weighted by atomic mass is 16.4. The second-order valence-corrected chi connectivity index (χ2v) is 7.49. The second-order valence-electron chi connectivity index (χ2n) is 7.49. The molecule has 0 saturated heterocycles. The molecule has 0 fully saturated rings. The van der Waals surface area contributed by atoms with E-state index in [-0.39, 0.29) is 5.56 Å². The molecule has 5 nitrogen and oxygen atoms in total. The largest absolute Gasteiger partial charge is 0.478 e. The molecule has 0 spiro atoms. The van der Waals surface area contributed by atoms with Gasteiger partial charge in [-0.25, -0.2) is 4.79 Å². The van der Waals surface area contributed by atoms with Gasteiger partial charge in [-0.3, -0.25) is 0 Å². The van der Waals surface area contributed by atoms with Gasteiger partial charge in [-0.2, -0.15) is 0 Å². The zero-order valence-electron chi connectivity index (χ0n) is 15.6. The van der Waals surface area contributed by atoms with Gasteiger partial charge in [0.05, 0.1) is 18.2 Å². The van der Waals surface area contributed by atoms with Gasteiger partial charge in [0.2, 0.25) is 0 Å². The number of carbonyl (C=O) groups is 1. The maximum absolute atomic E-state index is 11.0. The fourth-order valence-electron chi connectivity index (χ4n) is 4.03. The van der Waals surface area contributed by atoms with E-state index in [1.165, 1.54) is 22.2 Å². The molecule has 27 heavy (non-hydrogen) atoms. The maximum Gasteiger partial charge on any atom is 0.335 e. The molecular formula is C22H24N2O3. The van der Waals surface area contributed by atoms with Crippen LogP contribution in [0.5, 0.6) is 0 Å². The summed E-state index contributed by atoms with van der Waals surface area (Å²) < 4.78 is 2.24. The molecule has 5 heteroatoms. The summed E-state index contributed by atoms with van der Waals surface area (Å²) in [6, 6.07) is 13.0. The normalized spacial score (nSPS) is 15.7. The number of rotatable bonds is 4. The number of aryl methyl sites for hydroxylation is 1. The minimum absolute atomic E-state index is 0.230. The summed E-state index contributed by atoms with van der Waals surface area (Å²) in [7, 11) is 2.14. The van der Waals surface area contributed by atoms with E-state index in [2.05, 4.69) is 41.6 Å². The van der Waals surface area contributed by atoms with Crippen LogP contribution in [0, 0.1) is 6.92 Å². The zero-order chi connectivity index (χ0) is 19.1. The predicted molar refractivity (Wildman–Crippen MR) is 105 cm³/mol. The average Bonchev–Trinajstić information content (AvgIpc) is 2.94. The number of nitrogens with zero attached hydrogens (tertiary/aromatic N) is 2. The molecule has 0 amide bonds. The van der Waals surface area contributed by atoms with E-state index >= 15 is 0 Å². The number of benzene rings is 2. The molecule has 1 aliphatic rings. The lowest BCUT2D eigenvalue weighted by Crippen LogP contribution is -2.27. The van der Waals surface area contributed by atoms with Crippen LogP contribution >= 0.6 is 0 Å². The molecule has 140 valence electrons. The Hall–Kier alpha value is -2.63. The van der Waals surface area contributed by atoms with Crippen molar-refractivity contribution in [2.75, 3.05) is 13.6 Å². The van der Waals surface area contributed by atoms with Crippen LogP contribution in [0.2, 0.25) is 0 Å². The minimum atomic E-state index is -0.957. The van der Waals surface area contributed by atoms with Crippen molar-refractivity contribution in [2.45, 2.75) is 32.5 Å². The van der Waals surface area contributed by atoms with Crippen LogP contribution in [0.1, 0.15) is 38.8 Å². The van der Waals surface area contributed by atoms with Gasteiger partial charge >= 0.3 is 5.97 Å². The first-order chi connectivity index (χ1) is 12.9. The van der Waals surface area contributed by atoms with Crippen molar-refractivity contribution < 1.29 is 15.0 Å². The van der Waals surface area contributed by atoms with Crippen molar-refractivity contribution in [1.29, 1.82) is 0 Å². The molecule has 1 atom stereocenters. The molecule has 0 radical (unpaired) electrons. The lowest BCUT2D eigenvalue weighted by molar-refractivity contribution is 0.0696. The maximum atomic E-state index is 11.0. The van der Waals surface area contributed by atoms with Crippen molar-refractivity contribution in [3.05, 3.63) is 70.4 Å². The van der Waals surface area contributed by atoms with Crippen molar-refractivity contribution in [2.24, 2.45) is 0 Å². The SMILES string of the molecule is Cc1ccc2c(c1)c1c(n2CC(O)c2ccc(C(=O)O)cc2)CCN(C)C1. The third-order valence-electron chi connectivity index (χ3n) is 5.50. The molecule has 0 bridgehead atoms. The van der Waals surface area contributed by atoms with Gasteiger partial charge in [0.25, 0.3) is 0 Å². The van der Waals surface area contributed by atoms with E-state index < -0.39 is 12.1 Å². The lowest BCUT2D eigenvalue weighted by Gasteiger charge is -2.25. The number of likely N-dealkylation sites (N-methyl/N-ethyl adjacent to an activating group) is 1. The van der Waals surface area contributed by atoms with Gasteiger partial charge in [-0.15, -0.1) is 0 Å². The fraction of sp³-hybridized carbons (Fsp3) is 0.318. The Morgan fingerprint density at radius 1 is 1.19 bits per heavy atom. The highest BCUT2D eigenvalue weighted by Gasteiger charge is 2.23. The Balaban J connectivity index is 1.72. The average molecular weight is 364 g/mol. The zero-order valence-corrected chi connectivity index (χ0v) is 15.6. The van der Waals surface area contributed by atoms with E-state index in [1.807, 2.05) is 0 Å². The monoisotopic (exact) mass is 364 g/mol. The molecule has 0 aliphatic carbocycles.